The van der Waals surface area contributed by atoms with E-state index in [1.807, 2.05) is 0 Å². The van der Waals surface area contributed by atoms with Crippen molar-refractivity contribution in [3.63, 3.8) is 0 Å². The Balaban J connectivity index is 0.979. The molecule has 2 unspecified atom stereocenters. The molecule has 1 heteroatoms. The Hall–Kier alpha value is -6.81. The van der Waals surface area contributed by atoms with Crippen LogP contribution in [0.1, 0.15) is 53.9 Å². The van der Waals surface area contributed by atoms with Gasteiger partial charge in [-0.1, -0.05) is 206 Å². The SMILES string of the molecule is IC1=C/C=CC\C=C/C(CCc2ccc3cc(-c4ccccc4)c4ccccc4c3c2)=C/1c1c2ccccc2c(C2C=C3C(=CC2)C=C(c2ccccc2)C2=CC=CCC32)c2ccccc12. The van der Waals surface area contributed by atoms with Crippen molar-refractivity contribution in [1.29, 1.82) is 0 Å². The van der Waals surface area contributed by atoms with Gasteiger partial charge in [0.15, 0.2) is 0 Å². The summed E-state index contributed by atoms with van der Waals surface area (Å²) in [6, 6.07) is 58.8. The molecule has 0 radical (unpaired) electrons. The van der Waals surface area contributed by atoms with Gasteiger partial charge in [0.05, 0.1) is 0 Å². The third-order valence-corrected chi connectivity index (χ3v) is 15.3. The molecule has 0 spiro atoms. The van der Waals surface area contributed by atoms with E-state index < -0.39 is 0 Å². The van der Waals surface area contributed by atoms with E-state index in [4.69, 9.17) is 0 Å². The molecule has 0 aromatic heterocycles. The van der Waals surface area contributed by atoms with Crippen molar-refractivity contribution in [1.82, 2.24) is 0 Å². The largest absolute Gasteiger partial charge is 0.0836 e. The summed E-state index contributed by atoms with van der Waals surface area (Å²) in [5, 5.41) is 10.6. The third-order valence-electron chi connectivity index (χ3n) is 14.4. The first-order valence-corrected chi connectivity index (χ1v) is 24.7. The Morgan fingerprint density at radius 1 is 0.530 bits per heavy atom. The Morgan fingerprint density at radius 2 is 1.20 bits per heavy atom. The van der Waals surface area contributed by atoms with E-state index in [2.05, 4.69) is 247 Å². The van der Waals surface area contributed by atoms with Crippen LogP contribution in [-0.2, 0) is 6.42 Å². The third kappa shape index (κ3) is 7.31. The first kappa shape index (κ1) is 40.7. The van der Waals surface area contributed by atoms with E-state index in [-0.39, 0.29) is 5.92 Å². The molecule has 8 aromatic carbocycles. The summed E-state index contributed by atoms with van der Waals surface area (Å²) in [5.41, 5.74) is 16.4. The van der Waals surface area contributed by atoms with E-state index in [1.165, 1.54) is 113 Å². The van der Waals surface area contributed by atoms with Crippen LogP contribution in [0.4, 0.5) is 0 Å². The fourth-order valence-corrected chi connectivity index (χ4v) is 12.1. The second kappa shape index (κ2) is 17.5. The van der Waals surface area contributed by atoms with Crippen LogP contribution in [0.2, 0.25) is 0 Å². The Labute approximate surface area is 401 Å². The number of aryl methyl sites for hydroxylation is 1. The van der Waals surface area contributed by atoms with Crippen LogP contribution in [-0.4, -0.2) is 0 Å². The summed E-state index contributed by atoms with van der Waals surface area (Å²) in [6.07, 6.45) is 31.0. The molecule has 0 heterocycles. The van der Waals surface area contributed by atoms with Crippen LogP contribution >= 0.6 is 22.6 Å². The van der Waals surface area contributed by atoms with Gasteiger partial charge in [-0.05, 0) is 183 Å². The number of halogens is 1. The molecule has 4 aliphatic carbocycles. The minimum absolute atomic E-state index is 0.255. The summed E-state index contributed by atoms with van der Waals surface area (Å²) in [4.78, 5) is 0. The molecule has 12 rings (SSSR count). The van der Waals surface area contributed by atoms with Gasteiger partial charge in [0.25, 0.3) is 0 Å². The summed E-state index contributed by atoms with van der Waals surface area (Å²) in [7, 11) is 0. The number of benzene rings is 8. The molecule has 0 saturated heterocycles. The normalized spacial score (nSPS) is 20.6. The summed E-state index contributed by atoms with van der Waals surface area (Å²) < 4.78 is 1.27. The zero-order valence-corrected chi connectivity index (χ0v) is 39.1. The highest BCUT2D eigenvalue weighted by atomic mass is 127. The maximum absolute atomic E-state index is 2.65. The Kier molecular flexibility index (Phi) is 10.8. The minimum Gasteiger partial charge on any atom is -0.0836 e. The zero-order chi connectivity index (χ0) is 44.0. The predicted molar refractivity (Wildman–Crippen MR) is 292 cm³/mol. The first-order chi connectivity index (χ1) is 32.7. The molecule has 0 N–H and O–H groups in total. The van der Waals surface area contributed by atoms with Crippen LogP contribution in [0.25, 0.3) is 65.4 Å². The van der Waals surface area contributed by atoms with E-state index in [1.54, 1.807) is 0 Å². The smallest absolute Gasteiger partial charge is 0.0211 e. The van der Waals surface area contributed by atoms with Gasteiger partial charge in [0.2, 0.25) is 0 Å². The molecule has 0 amide bonds. The van der Waals surface area contributed by atoms with Crippen molar-refractivity contribution < 1.29 is 0 Å². The van der Waals surface area contributed by atoms with Gasteiger partial charge in [-0.15, -0.1) is 0 Å². The number of rotatable bonds is 7. The van der Waals surface area contributed by atoms with E-state index >= 15 is 0 Å². The average molecular weight is 957 g/mol. The van der Waals surface area contributed by atoms with Crippen molar-refractivity contribution in [2.75, 3.05) is 0 Å². The fourth-order valence-electron chi connectivity index (χ4n) is 11.3. The van der Waals surface area contributed by atoms with Crippen molar-refractivity contribution >= 4 is 76.8 Å². The monoisotopic (exact) mass is 956 g/mol. The van der Waals surface area contributed by atoms with E-state index in [0.29, 0.717) is 5.92 Å². The highest BCUT2D eigenvalue weighted by Gasteiger charge is 2.33. The standard InChI is InChI=1S/C65H49I/c66-62-32-10-2-1-5-23-46(35-33-43-34-36-47-40-59(44-19-6-3-7-20-44)51-25-12-11-24-50(51)58(47)39-43)64(62)65-56-30-17-15-28-54(56)63(55-29-16-18-31-57(55)65)49-38-37-48-41-60(45-21-8-4-9-22-45)52-26-13-14-27-53(52)61(48)42-49/h2-26,28-32,34,36-37,39-42,49,53H,1,27,33,35,38H2/b10-2?,23-5-,62-32-,64-46+. The van der Waals surface area contributed by atoms with Gasteiger partial charge in [0.1, 0.15) is 0 Å². The van der Waals surface area contributed by atoms with Gasteiger partial charge >= 0.3 is 0 Å². The van der Waals surface area contributed by atoms with Gasteiger partial charge in [-0.2, -0.15) is 0 Å². The molecule has 0 fully saturated rings. The Bertz CT molecular complexity index is 3490. The molecule has 2 atom stereocenters. The lowest BCUT2D eigenvalue weighted by Gasteiger charge is -2.35. The molecule has 0 aliphatic heterocycles. The summed E-state index contributed by atoms with van der Waals surface area (Å²) in [6.45, 7) is 0. The van der Waals surface area contributed by atoms with Crippen LogP contribution in [0.5, 0.6) is 0 Å². The molecule has 0 nitrogen and oxygen atoms in total. The lowest BCUT2D eigenvalue weighted by Crippen LogP contribution is -2.19. The van der Waals surface area contributed by atoms with Crippen molar-refractivity contribution in [3.8, 4) is 11.1 Å². The molecule has 316 valence electrons. The predicted octanol–water partition coefficient (Wildman–Crippen LogP) is 18.1. The highest BCUT2D eigenvalue weighted by molar-refractivity contribution is 14.1. The Morgan fingerprint density at radius 3 is 1.95 bits per heavy atom. The summed E-state index contributed by atoms with van der Waals surface area (Å²) in [5.74, 6) is 0.609. The number of hydrogen-bond donors (Lipinski definition) is 0. The molecular weight excluding hydrogens is 908 g/mol. The van der Waals surface area contributed by atoms with Gasteiger partial charge in [-0.25, -0.2) is 0 Å². The summed E-state index contributed by atoms with van der Waals surface area (Å²) >= 11 is 2.63. The second-order valence-corrected chi connectivity index (χ2v) is 19.3. The fraction of sp³-hybridized carbons (Fsp3) is 0.108. The topological polar surface area (TPSA) is 0 Å². The molecule has 4 aliphatic rings. The molecule has 0 bridgehead atoms. The molecule has 8 aromatic rings. The van der Waals surface area contributed by atoms with Gasteiger partial charge < -0.3 is 0 Å². The minimum atomic E-state index is 0.255. The zero-order valence-electron chi connectivity index (χ0n) is 36.9. The maximum Gasteiger partial charge on any atom is 0.0211 e. The lowest BCUT2D eigenvalue weighted by molar-refractivity contribution is 0.711. The van der Waals surface area contributed by atoms with Crippen LogP contribution in [0.15, 0.2) is 250 Å². The first-order valence-electron chi connectivity index (χ1n) is 23.6. The number of fused-ring (bicyclic) bond motifs is 8. The maximum atomic E-state index is 2.65. The molecule has 66 heavy (non-hydrogen) atoms. The van der Waals surface area contributed by atoms with E-state index in [9.17, 15) is 0 Å². The quantitative estimate of drug-likeness (QED) is 0.0848. The van der Waals surface area contributed by atoms with Crippen molar-refractivity contribution in [3.05, 3.63) is 273 Å². The highest BCUT2D eigenvalue weighted by Crippen LogP contribution is 2.51. The van der Waals surface area contributed by atoms with Crippen molar-refractivity contribution in [2.45, 2.75) is 38.0 Å². The van der Waals surface area contributed by atoms with E-state index in [0.717, 1.165) is 32.1 Å². The number of allylic oxidation sites excluding steroid dienone is 18. The lowest BCUT2D eigenvalue weighted by atomic mass is 9.68. The second-order valence-electron chi connectivity index (χ2n) is 18.1. The van der Waals surface area contributed by atoms with Gasteiger partial charge in [-0.3, -0.25) is 0 Å². The molecule has 0 saturated carbocycles. The molecular formula is C65H49I. The van der Waals surface area contributed by atoms with Crippen LogP contribution in [0.3, 0.4) is 0 Å². The van der Waals surface area contributed by atoms with Crippen molar-refractivity contribution in [2.24, 2.45) is 5.92 Å². The number of hydrogen-bond acceptors (Lipinski definition) is 0. The van der Waals surface area contributed by atoms with Crippen LogP contribution in [0, 0.1) is 5.92 Å². The average Bonchev–Trinajstić information content (AvgIpc) is 3.47. The van der Waals surface area contributed by atoms with Gasteiger partial charge in [0, 0.05) is 15.4 Å². The van der Waals surface area contributed by atoms with Crippen LogP contribution < -0.4 is 0 Å².